The molecule has 2 saturated heterocycles. The average Bonchev–Trinajstić information content (AvgIpc) is 3.38. The van der Waals surface area contributed by atoms with E-state index in [9.17, 15) is 13.2 Å². The van der Waals surface area contributed by atoms with Gasteiger partial charge in [-0.3, -0.25) is 9.69 Å². The van der Waals surface area contributed by atoms with Crippen molar-refractivity contribution in [3.05, 3.63) is 53.6 Å². The Labute approximate surface area is 229 Å². The number of benzene rings is 2. The summed E-state index contributed by atoms with van der Waals surface area (Å²) < 4.78 is 28.6. The highest BCUT2D eigenvalue weighted by Crippen LogP contribution is 2.31. The van der Waals surface area contributed by atoms with Gasteiger partial charge in [-0.1, -0.05) is 37.3 Å². The number of rotatable bonds is 8. The van der Waals surface area contributed by atoms with Gasteiger partial charge in [0.05, 0.1) is 15.1 Å². The fourth-order valence-corrected chi connectivity index (χ4v) is 7.69. The molecule has 0 unspecified atom stereocenters. The number of aryl methyl sites for hydroxylation is 1. The predicted octanol–water partition coefficient (Wildman–Crippen LogP) is 3.83. The van der Waals surface area contributed by atoms with Crippen molar-refractivity contribution in [2.45, 2.75) is 38.0 Å². The number of para-hydroxylation sites is 1. The van der Waals surface area contributed by atoms with E-state index >= 15 is 0 Å². The standard InChI is InChI=1S/C28H37N5O3S2/c1-3-22-5-4-6-25-26(22)30-28(37-25)32-19-17-31(18-20-32)16-13-29-27(34)23-7-9-24(10-8-23)38(35,36)33-14-11-21(2)12-15-33/h4-10,21H,3,11-20H2,1-2H3,(H,29,34). The van der Waals surface area contributed by atoms with Crippen LogP contribution in [0, 0.1) is 5.92 Å². The molecule has 8 nitrogen and oxygen atoms in total. The van der Waals surface area contributed by atoms with E-state index in [1.165, 1.54) is 10.3 Å². The first-order valence-electron chi connectivity index (χ1n) is 13.6. The molecule has 0 aliphatic carbocycles. The number of amides is 1. The second-order valence-electron chi connectivity index (χ2n) is 10.3. The maximum atomic E-state index is 12.9. The smallest absolute Gasteiger partial charge is 0.251 e. The Morgan fingerprint density at radius 3 is 2.42 bits per heavy atom. The summed E-state index contributed by atoms with van der Waals surface area (Å²) in [5.41, 5.74) is 2.91. The molecule has 10 heteroatoms. The molecule has 3 aromatic rings. The lowest BCUT2D eigenvalue weighted by atomic mass is 10.0. The first-order valence-corrected chi connectivity index (χ1v) is 15.8. The summed E-state index contributed by atoms with van der Waals surface area (Å²) in [6, 6.07) is 12.7. The van der Waals surface area contributed by atoms with Crippen LogP contribution in [0.2, 0.25) is 0 Å². The van der Waals surface area contributed by atoms with Gasteiger partial charge in [-0.05, 0) is 61.1 Å². The molecule has 2 aromatic carbocycles. The zero-order chi connectivity index (χ0) is 26.7. The number of piperidine rings is 1. The Hall–Kier alpha value is -2.53. The van der Waals surface area contributed by atoms with Gasteiger partial charge in [0.15, 0.2) is 5.13 Å². The molecule has 5 rings (SSSR count). The first-order chi connectivity index (χ1) is 18.3. The van der Waals surface area contributed by atoms with E-state index in [1.807, 2.05) is 0 Å². The number of nitrogens with one attached hydrogen (secondary N) is 1. The third-order valence-corrected chi connectivity index (χ3v) is 10.7. The molecule has 0 saturated carbocycles. The average molecular weight is 556 g/mol. The van der Waals surface area contributed by atoms with Crippen LogP contribution in [0.15, 0.2) is 47.4 Å². The van der Waals surface area contributed by atoms with Crippen LogP contribution in [0.4, 0.5) is 5.13 Å². The summed E-state index contributed by atoms with van der Waals surface area (Å²) in [5.74, 6) is 0.379. The minimum Gasteiger partial charge on any atom is -0.351 e. The molecular formula is C28H37N5O3S2. The number of thiazole rings is 1. The van der Waals surface area contributed by atoms with Gasteiger partial charge in [0, 0.05) is 57.9 Å². The number of piperazine rings is 1. The molecule has 3 heterocycles. The predicted molar refractivity (Wildman–Crippen MR) is 154 cm³/mol. The van der Waals surface area contributed by atoms with Gasteiger partial charge in [0.1, 0.15) is 0 Å². The quantitative estimate of drug-likeness (QED) is 0.455. The number of hydrogen-bond donors (Lipinski definition) is 1. The number of carbonyl (C=O) groups excluding carboxylic acids is 1. The Morgan fingerprint density at radius 2 is 1.74 bits per heavy atom. The number of carbonyl (C=O) groups is 1. The van der Waals surface area contributed by atoms with Crippen molar-refractivity contribution in [3.8, 4) is 0 Å². The molecule has 0 spiro atoms. The number of anilines is 1. The lowest BCUT2D eigenvalue weighted by Gasteiger charge is -2.34. The molecule has 1 N–H and O–H groups in total. The Kier molecular flexibility index (Phi) is 8.32. The van der Waals surface area contributed by atoms with E-state index in [0.717, 1.165) is 62.6 Å². The van der Waals surface area contributed by atoms with Crippen LogP contribution in [-0.2, 0) is 16.4 Å². The number of fused-ring (bicyclic) bond motifs is 1. The number of nitrogens with zero attached hydrogens (tertiary/aromatic N) is 4. The summed E-state index contributed by atoms with van der Waals surface area (Å²) in [6.07, 6.45) is 2.76. The van der Waals surface area contributed by atoms with Crippen LogP contribution < -0.4 is 10.2 Å². The van der Waals surface area contributed by atoms with Crippen LogP contribution in [0.25, 0.3) is 10.2 Å². The van der Waals surface area contributed by atoms with Crippen LogP contribution in [0.1, 0.15) is 42.6 Å². The number of aromatic nitrogens is 1. The highest BCUT2D eigenvalue weighted by atomic mass is 32.2. The van der Waals surface area contributed by atoms with Gasteiger partial charge in [0.25, 0.3) is 5.91 Å². The summed E-state index contributed by atoms with van der Waals surface area (Å²) in [5, 5.41) is 4.07. The molecule has 2 aliphatic heterocycles. The van der Waals surface area contributed by atoms with Crippen molar-refractivity contribution in [3.63, 3.8) is 0 Å². The lowest BCUT2D eigenvalue weighted by Crippen LogP contribution is -2.48. The highest BCUT2D eigenvalue weighted by Gasteiger charge is 2.28. The molecule has 1 amide bonds. The van der Waals surface area contributed by atoms with Crippen LogP contribution in [-0.4, -0.2) is 80.9 Å². The van der Waals surface area contributed by atoms with E-state index in [1.54, 1.807) is 39.9 Å². The van der Waals surface area contributed by atoms with Gasteiger partial charge in [0.2, 0.25) is 10.0 Å². The third-order valence-electron chi connectivity index (χ3n) is 7.73. The van der Waals surface area contributed by atoms with Crippen LogP contribution in [0.3, 0.4) is 0 Å². The second kappa shape index (κ2) is 11.7. The van der Waals surface area contributed by atoms with Gasteiger partial charge < -0.3 is 10.2 Å². The monoisotopic (exact) mass is 555 g/mol. The maximum absolute atomic E-state index is 12.9. The zero-order valence-electron chi connectivity index (χ0n) is 22.2. The second-order valence-corrected chi connectivity index (χ2v) is 13.3. The normalized spacial score (nSPS) is 18.2. The SMILES string of the molecule is CCc1cccc2sc(N3CCN(CCNC(=O)c4ccc(S(=O)(=O)N5CCC(C)CC5)cc4)CC3)nc12. The van der Waals surface area contributed by atoms with Crippen LogP contribution in [0.5, 0.6) is 0 Å². The molecule has 1 aromatic heterocycles. The highest BCUT2D eigenvalue weighted by molar-refractivity contribution is 7.89. The molecule has 0 radical (unpaired) electrons. The molecule has 0 atom stereocenters. The fourth-order valence-electron chi connectivity index (χ4n) is 5.16. The molecular weight excluding hydrogens is 518 g/mol. The van der Waals surface area contributed by atoms with Gasteiger partial charge in [-0.25, -0.2) is 13.4 Å². The Balaban J connectivity index is 1.08. The molecule has 2 aliphatic rings. The maximum Gasteiger partial charge on any atom is 0.251 e. The van der Waals surface area contributed by atoms with Gasteiger partial charge in [-0.15, -0.1) is 0 Å². The van der Waals surface area contributed by atoms with Gasteiger partial charge in [-0.2, -0.15) is 4.31 Å². The summed E-state index contributed by atoms with van der Waals surface area (Å²) in [4.78, 5) is 22.6. The summed E-state index contributed by atoms with van der Waals surface area (Å²) >= 11 is 1.76. The van der Waals surface area contributed by atoms with E-state index in [0.29, 0.717) is 31.1 Å². The van der Waals surface area contributed by atoms with Crippen molar-refractivity contribution in [1.29, 1.82) is 0 Å². The van der Waals surface area contributed by atoms with Crippen molar-refractivity contribution < 1.29 is 13.2 Å². The molecule has 204 valence electrons. The summed E-state index contributed by atoms with van der Waals surface area (Å²) in [6.45, 7) is 10.4. The molecule has 2 fully saturated rings. The largest absolute Gasteiger partial charge is 0.351 e. The van der Waals surface area contributed by atoms with Crippen molar-refractivity contribution >= 4 is 42.6 Å². The minimum atomic E-state index is -3.51. The Morgan fingerprint density at radius 1 is 1.03 bits per heavy atom. The van der Waals surface area contributed by atoms with E-state index < -0.39 is 10.0 Å². The van der Waals surface area contributed by atoms with Crippen LogP contribution >= 0.6 is 11.3 Å². The van der Waals surface area contributed by atoms with E-state index in [2.05, 4.69) is 47.2 Å². The van der Waals surface area contributed by atoms with Gasteiger partial charge >= 0.3 is 0 Å². The molecule has 0 bridgehead atoms. The molecule has 38 heavy (non-hydrogen) atoms. The van der Waals surface area contributed by atoms with Crippen molar-refractivity contribution in [2.24, 2.45) is 5.92 Å². The fraction of sp³-hybridized carbons (Fsp3) is 0.500. The van der Waals surface area contributed by atoms with Crippen molar-refractivity contribution in [1.82, 2.24) is 19.5 Å². The number of hydrogen-bond acceptors (Lipinski definition) is 7. The lowest BCUT2D eigenvalue weighted by molar-refractivity contribution is 0.0947. The third kappa shape index (κ3) is 5.88. The number of sulfonamides is 1. The van der Waals surface area contributed by atoms with E-state index in [-0.39, 0.29) is 10.8 Å². The topological polar surface area (TPSA) is 85.8 Å². The Bertz CT molecular complexity index is 1360. The summed E-state index contributed by atoms with van der Waals surface area (Å²) in [7, 11) is -3.51. The zero-order valence-corrected chi connectivity index (χ0v) is 23.9. The minimum absolute atomic E-state index is 0.180. The van der Waals surface area contributed by atoms with Crippen molar-refractivity contribution in [2.75, 3.05) is 57.3 Å². The first kappa shape index (κ1) is 27.1. The van der Waals surface area contributed by atoms with E-state index in [4.69, 9.17) is 4.98 Å².